The van der Waals surface area contributed by atoms with Crippen molar-refractivity contribution in [2.24, 2.45) is 0 Å². The van der Waals surface area contributed by atoms with E-state index in [-0.39, 0.29) is 0 Å². The molecule has 1 aliphatic rings. The van der Waals surface area contributed by atoms with E-state index in [9.17, 15) is 0 Å². The van der Waals surface area contributed by atoms with Gasteiger partial charge >= 0.3 is 0 Å². The van der Waals surface area contributed by atoms with Crippen LogP contribution >= 0.6 is 0 Å². The van der Waals surface area contributed by atoms with Crippen LogP contribution in [0.5, 0.6) is 0 Å². The maximum absolute atomic E-state index is 4.49. The van der Waals surface area contributed by atoms with E-state index >= 15 is 0 Å². The molecule has 5 nitrogen and oxygen atoms in total. The third-order valence-electron chi connectivity index (χ3n) is 3.40. The fourth-order valence-electron chi connectivity index (χ4n) is 2.30. The van der Waals surface area contributed by atoms with E-state index in [2.05, 4.69) is 32.2 Å². The summed E-state index contributed by atoms with van der Waals surface area (Å²) in [6.07, 6.45) is 5.69. The molecule has 3 heterocycles. The normalized spacial score (nSPS) is 18.1. The number of likely N-dealkylation sites (tertiary alicyclic amines) is 1. The molecule has 0 amide bonds. The highest BCUT2D eigenvalue weighted by atomic mass is 15.1. The SMILES string of the molecule is CN1CCC(Nc2ccc3nccnc3n2)CC1. The van der Waals surface area contributed by atoms with Gasteiger partial charge in [-0.05, 0) is 45.1 Å². The number of hydrogen-bond donors (Lipinski definition) is 1. The monoisotopic (exact) mass is 243 g/mol. The summed E-state index contributed by atoms with van der Waals surface area (Å²) in [5.74, 6) is 0.901. The molecule has 1 N–H and O–H groups in total. The summed E-state index contributed by atoms with van der Waals surface area (Å²) in [7, 11) is 2.17. The third kappa shape index (κ3) is 2.41. The Balaban J connectivity index is 1.74. The maximum atomic E-state index is 4.49. The van der Waals surface area contributed by atoms with E-state index in [0.717, 1.165) is 37.3 Å². The van der Waals surface area contributed by atoms with Crippen LogP contribution in [0.4, 0.5) is 5.82 Å². The van der Waals surface area contributed by atoms with Crippen molar-refractivity contribution in [2.75, 3.05) is 25.5 Å². The summed E-state index contributed by atoms with van der Waals surface area (Å²) in [6.45, 7) is 2.29. The summed E-state index contributed by atoms with van der Waals surface area (Å²) in [5.41, 5.74) is 1.54. The average molecular weight is 243 g/mol. The number of rotatable bonds is 2. The van der Waals surface area contributed by atoms with Crippen molar-refractivity contribution in [1.29, 1.82) is 0 Å². The first-order valence-corrected chi connectivity index (χ1v) is 6.34. The fraction of sp³-hybridized carbons (Fsp3) is 0.462. The average Bonchev–Trinajstić information content (AvgIpc) is 2.41. The lowest BCUT2D eigenvalue weighted by Gasteiger charge is -2.29. The molecular weight excluding hydrogens is 226 g/mol. The predicted octanol–water partition coefficient (Wildman–Crippen LogP) is 1.53. The van der Waals surface area contributed by atoms with Crippen molar-refractivity contribution < 1.29 is 0 Å². The van der Waals surface area contributed by atoms with Crippen LogP contribution in [0, 0.1) is 0 Å². The zero-order chi connectivity index (χ0) is 12.4. The minimum atomic E-state index is 0.517. The molecular formula is C13H17N5. The molecule has 0 aromatic carbocycles. The van der Waals surface area contributed by atoms with Crippen LogP contribution < -0.4 is 5.32 Å². The van der Waals surface area contributed by atoms with Crippen LogP contribution in [-0.4, -0.2) is 46.0 Å². The van der Waals surface area contributed by atoms with E-state index in [4.69, 9.17) is 0 Å². The number of anilines is 1. The Morgan fingerprint density at radius 2 is 1.94 bits per heavy atom. The number of nitrogens with one attached hydrogen (secondary N) is 1. The molecule has 1 aliphatic heterocycles. The second kappa shape index (κ2) is 4.86. The first-order chi connectivity index (χ1) is 8.81. The Bertz CT molecular complexity index is 534. The number of aromatic nitrogens is 3. The van der Waals surface area contributed by atoms with Gasteiger partial charge in [0.05, 0.1) is 0 Å². The predicted molar refractivity (Wildman–Crippen MR) is 71.5 cm³/mol. The molecule has 18 heavy (non-hydrogen) atoms. The van der Waals surface area contributed by atoms with Crippen LogP contribution in [0.25, 0.3) is 11.2 Å². The minimum Gasteiger partial charge on any atom is -0.367 e. The lowest BCUT2D eigenvalue weighted by atomic mass is 10.1. The highest BCUT2D eigenvalue weighted by Crippen LogP contribution is 2.16. The van der Waals surface area contributed by atoms with Crippen molar-refractivity contribution in [3.63, 3.8) is 0 Å². The topological polar surface area (TPSA) is 53.9 Å². The second-order valence-electron chi connectivity index (χ2n) is 4.82. The van der Waals surface area contributed by atoms with E-state index in [1.807, 2.05) is 12.1 Å². The lowest BCUT2D eigenvalue weighted by molar-refractivity contribution is 0.263. The zero-order valence-corrected chi connectivity index (χ0v) is 10.5. The van der Waals surface area contributed by atoms with Gasteiger partial charge in [-0.15, -0.1) is 0 Å². The lowest BCUT2D eigenvalue weighted by Crippen LogP contribution is -2.36. The largest absolute Gasteiger partial charge is 0.367 e. The quantitative estimate of drug-likeness (QED) is 0.867. The van der Waals surface area contributed by atoms with Gasteiger partial charge in [0, 0.05) is 18.4 Å². The van der Waals surface area contributed by atoms with Crippen LogP contribution in [0.1, 0.15) is 12.8 Å². The zero-order valence-electron chi connectivity index (χ0n) is 10.5. The molecule has 1 saturated heterocycles. The van der Waals surface area contributed by atoms with Crippen molar-refractivity contribution in [3.8, 4) is 0 Å². The van der Waals surface area contributed by atoms with E-state index < -0.39 is 0 Å². The number of nitrogens with zero attached hydrogens (tertiary/aromatic N) is 4. The van der Waals surface area contributed by atoms with Gasteiger partial charge in [0.15, 0.2) is 5.65 Å². The summed E-state index contributed by atoms with van der Waals surface area (Å²) in [5, 5.41) is 3.49. The van der Waals surface area contributed by atoms with Gasteiger partial charge in [0.25, 0.3) is 0 Å². The molecule has 94 valence electrons. The second-order valence-corrected chi connectivity index (χ2v) is 4.82. The maximum Gasteiger partial charge on any atom is 0.180 e. The molecule has 0 radical (unpaired) electrons. The highest BCUT2D eigenvalue weighted by molar-refractivity contribution is 5.71. The van der Waals surface area contributed by atoms with Crippen molar-refractivity contribution in [3.05, 3.63) is 24.5 Å². The number of hydrogen-bond acceptors (Lipinski definition) is 5. The minimum absolute atomic E-state index is 0.517. The van der Waals surface area contributed by atoms with Gasteiger partial charge in [-0.25, -0.2) is 9.97 Å². The number of piperidine rings is 1. The Hall–Kier alpha value is -1.75. The molecule has 2 aromatic rings. The molecule has 0 unspecified atom stereocenters. The first kappa shape index (κ1) is 11.3. The van der Waals surface area contributed by atoms with Crippen LogP contribution in [0.2, 0.25) is 0 Å². The standard InChI is InChI=1S/C13H17N5/c1-18-8-4-10(5-9-18)16-12-3-2-11-13(17-12)15-7-6-14-11/h2-3,6-7,10H,4-5,8-9H2,1H3,(H,15,16,17). The van der Waals surface area contributed by atoms with Crippen molar-refractivity contribution in [1.82, 2.24) is 19.9 Å². The Morgan fingerprint density at radius 1 is 1.17 bits per heavy atom. The Kier molecular flexibility index (Phi) is 3.06. The van der Waals surface area contributed by atoms with Gasteiger partial charge in [-0.2, -0.15) is 0 Å². The third-order valence-corrected chi connectivity index (χ3v) is 3.40. The van der Waals surface area contributed by atoms with E-state index in [1.54, 1.807) is 12.4 Å². The van der Waals surface area contributed by atoms with Crippen LogP contribution in [0.3, 0.4) is 0 Å². The molecule has 0 aliphatic carbocycles. The van der Waals surface area contributed by atoms with Crippen molar-refractivity contribution in [2.45, 2.75) is 18.9 Å². The molecule has 1 fully saturated rings. The van der Waals surface area contributed by atoms with Gasteiger partial charge in [-0.3, -0.25) is 4.98 Å². The number of fused-ring (bicyclic) bond motifs is 1. The Labute approximate surface area is 106 Å². The summed E-state index contributed by atoms with van der Waals surface area (Å²) < 4.78 is 0. The molecule has 0 atom stereocenters. The number of pyridine rings is 1. The van der Waals surface area contributed by atoms with Crippen LogP contribution in [-0.2, 0) is 0 Å². The molecule has 3 rings (SSSR count). The highest BCUT2D eigenvalue weighted by Gasteiger charge is 2.16. The first-order valence-electron chi connectivity index (χ1n) is 6.34. The van der Waals surface area contributed by atoms with Gasteiger partial charge < -0.3 is 10.2 Å². The van der Waals surface area contributed by atoms with Crippen LogP contribution in [0.15, 0.2) is 24.5 Å². The van der Waals surface area contributed by atoms with Crippen molar-refractivity contribution >= 4 is 17.0 Å². The van der Waals surface area contributed by atoms with Gasteiger partial charge in [-0.1, -0.05) is 0 Å². The molecule has 0 saturated carbocycles. The summed E-state index contributed by atoms with van der Waals surface area (Å²) in [6, 6.07) is 4.46. The summed E-state index contributed by atoms with van der Waals surface area (Å²) in [4.78, 5) is 15.3. The molecule has 0 spiro atoms. The fourth-order valence-corrected chi connectivity index (χ4v) is 2.30. The van der Waals surface area contributed by atoms with Gasteiger partial charge in [0.2, 0.25) is 0 Å². The molecule has 0 bridgehead atoms. The molecule has 5 heteroatoms. The van der Waals surface area contributed by atoms with E-state index in [0.29, 0.717) is 11.7 Å². The smallest absolute Gasteiger partial charge is 0.180 e. The van der Waals surface area contributed by atoms with E-state index in [1.165, 1.54) is 0 Å². The molecule has 2 aromatic heterocycles. The summed E-state index contributed by atoms with van der Waals surface area (Å²) >= 11 is 0. The van der Waals surface area contributed by atoms with Gasteiger partial charge in [0.1, 0.15) is 11.3 Å². The Morgan fingerprint density at radius 3 is 2.78 bits per heavy atom.